The summed E-state index contributed by atoms with van der Waals surface area (Å²) < 4.78 is 5.60. The van der Waals surface area contributed by atoms with E-state index < -0.39 is 5.63 Å². The molecule has 0 spiro atoms. The van der Waals surface area contributed by atoms with Crippen molar-refractivity contribution in [2.75, 3.05) is 44.2 Å². The Hall–Kier alpha value is -2.09. The number of nitrogens with one attached hydrogen (secondary N) is 1. The van der Waals surface area contributed by atoms with E-state index in [0.717, 1.165) is 56.1 Å². The maximum absolute atomic E-state index is 13.1. The average molecular weight is 483 g/mol. The smallest absolute Gasteiger partial charge is 0.349 e. The summed E-state index contributed by atoms with van der Waals surface area (Å²) in [6.07, 6.45) is 2.06. The number of halogens is 2. The SMILES string of the molecule is Cc1cc(N2CCN(C(=O)c3c(C)cc(C4CCCNC4)oc3=O)CC2)cc(C)n1.Cl.Cl. The molecule has 1 amide bonds. The molecule has 0 bridgehead atoms. The van der Waals surface area contributed by atoms with Crippen LogP contribution in [0.4, 0.5) is 5.69 Å². The highest BCUT2D eigenvalue weighted by Gasteiger charge is 2.28. The van der Waals surface area contributed by atoms with Gasteiger partial charge in [0.1, 0.15) is 11.3 Å². The summed E-state index contributed by atoms with van der Waals surface area (Å²) in [5.41, 5.74) is 3.48. The first kappa shape index (κ1) is 26.2. The summed E-state index contributed by atoms with van der Waals surface area (Å²) in [5, 5.41) is 3.34. The predicted octanol–water partition coefficient (Wildman–Crippen LogP) is 3.23. The summed E-state index contributed by atoms with van der Waals surface area (Å²) in [4.78, 5) is 34.3. The van der Waals surface area contributed by atoms with E-state index >= 15 is 0 Å². The zero-order valence-electron chi connectivity index (χ0n) is 18.8. The number of aromatic nitrogens is 1. The van der Waals surface area contributed by atoms with Crippen LogP contribution in [0.1, 0.15) is 51.8 Å². The van der Waals surface area contributed by atoms with Crippen LogP contribution >= 0.6 is 24.8 Å². The zero-order valence-corrected chi connectivity index (χ0v) is 20.5. The van der Waals surface area contributed by atoms with Gasteiger partial charge >= 0.3 is 5.63 Å². The number of piperazine rings is 1. The van der Waals surface area contributed by atoms with Crippen molar-refractivity contribution in [3.8, 4) is 0 Å². The fraction of sp³-hybridized carbons (Fsp3) is 0.522. The lowest BCUT2D eigenvalue weighted by Gasteiger charge is -2.36. The van der Waals surface area contributed by atoms with Crippen LogP contribution in [-0.4, -0.2) is 55.1 Å². The van der Waals surface area contributed by atoms with Gasteiger partial charge in [-0.15, -0.1) is 24.8 Å². The lowest BCUT2D eigenvalue weighted by atomic mass is 9.95. The first-order valence-electron chi connectivity index (χ1n) is 10.8. The number of rotatable bonds is 3. The van der Waals surface area contributed by atoms with Gasteiger partial charge in [-0.3, -0.25) is 9.78 Å². The van der Waals surface area contributed by atoms with E-state index in [1.165, 1.54) is 0 Å². The van der Waals surface area contributed by atoms with E-state index in [0.29, 0.717) is 24.4 Å². The van der Waals surface area contributed by atoms with Crippen molar-refractivity contribution in [2.45, 2.75) is 39.5 Å². The van der Waals surface area contributed by atoms with Gasteiger partial charge in [0.05, 0.1) is 0 Å². The van der Waals surface area contributed by atoms with Gasteiger partial charge < -0.3 is 19.5 Å². The molecule has 4 heterocycles. The minimum absolute atomic E-state index is 0. The van der Waals surface area contributed by atoms with Crippen LogP contribution < -0.4 is 15.8 Å². The van der Waals surface area contributed by atoms with Crippen molar-refractivity contribution in [1.29, 1.82) is 0 Å². The van der Waals surface area contributed by atoms with Crippen LogP contribution in [0.5, 0.6) is 0 Å². The Morgan fingerprint density at radius 3 is 2.28 bits per heavy atom. The van der Waals surface area contributed by atoms with Crippen LogP contribution in [-0.2, 0) is 0 Å². The van der Waals surface area contributed by atoms with Gasteiger partial charge in [0.25, 0.3) is 5.91 Å². The van der Waals surface area contributed by atoms with Crippen LogP contribution in [0.15, 0.2) is 27.4 Å². The number of hydrogen-bond donors (Lipinski definition) is 1. The molecular weight excluding hydrogens is 451 g/mol. The summed E-state index contributed by atoms with van der Waals surface area (Å²) in [6, 6.07) is 6.02. The van der Waals surface area contributed by atoms with Gasteiger partial charge in [0.2, 0.25) is 0 Å². The zero-order chi connectivity index (χ0) is 21.3. The molecule has 0 radical (unpaired) electrons. The van der Waals surface area contributed by atoms with Crippen molar-refractivity contribution in [2.24, 2.45) is 0 Å². The quantitative estimate of drug-likeness (QED) is 0.723. The Morgan fingerprint density at radius 2 is 1.72 bits per heavy atom. The Labute approximate surface area is 201 Å². The Bertz CT molecular complexity index is 977. The first-order valence-corrected chi connectivity index (χ1v) is 10.8. The van der Waals surface area contributed by atoms with Gasteiger partial charge in [-0.2, -0.15) is 0 Å². The highest BCUT2D eigenvalue weighted by molar-refractivity contribution is 5.95. The van der Waals surface area contributed by atoms with Gasteiger partial charge in [-0.05, 0) is 63.9 Å². The van der Waals surface area contributed by atoms with E-state index in [-0.39, 0.29) is 42.2 Å². The largest absolute Gasteiger partial charge is 0.427 e. The summed E-state index contributed by atoms with van der Waals surface area (Å²) >= 11 is 0. The van der Waals surface area contributed by atoms with E-state index in [2.05, 4.69) is 27.3 Å². The molecule has 0 saturated carbocycles. The molecule has 2 aliphatic heterocycles. The van der Waals surface area contributed by atoms with E-state index in [1.807, 2.05) is 26.8 Å². The summed E-state index contributed by atoms with van der Waals surface area (Å²) in [7, 11) is 0. The van der Waals surface area contributed by atoms with Gasteiger partial charge in [-0.1, -0.05) is 0 Å². The third-order valence-electron chi connectivity index (χ3n) is 6.08. The average Bonchev–Trinajstić information content (AvgIpc) is 2.73. The van der Waals surface area contributed by atoms with Crippen molar-refractivity contribution >= 4 is 36.4 Å². The minimum Gasteiger partial charge on any atom is -0.427 e. The minimum atomic E-state index is -0.511. The van der Waals surface area contributed by atoms with Crippen LogP contribution in [0.3, 0.4) is 0 Å². The maximum atomic E-state index is 13.1. The molecule has 4 rings (SSSR count). The molecule has 0 aromatic carbocycles. The summed E-state index contributed by atoms with van der Waals surface area (Å²) in [6.45, 7) is 10.2. The lowest BCUT2D eigenvalue weighted by Crippen LogP contribution is -2.49. The predicted molar refractivity (Wildman–Crippen MR) is 131 cm³/mol. The molecule has 1 atom stereocenters. The molecule has 0 aliphatic carbocycles. The lowest BCUT2D eigenvalue weighted by molar-refractivity contribution is 0.0740. The molecule has 1 unspecified atom stereocenters. The number of hydrogen-bond acceptors (Lipinski definition) is 6. The summed E-state index contributed by atoms with van der Waals surface area (Å²) in [5.74, 6) is 0.663. The number of carbonyl (C=O) groups excluding carboxylic acids is 1. The van der Waals surface area contributed by atoms with E-state index in [9.17, 15) is 9.59 Å². The number of amides is 1. The van der Waals surface area contributed by atoms with Crippen LogP contribution in [0, 0.1) is 20.8 Å². The third kappa shape index (κ3) is 5.63. The fourth-order valence-electron chi connectivity index (χ4n) is 4.51. The second-order valence-corrected chi connectivity index (χ2v) is 8.42. The molecule has 9 heteroatoms. The van der Waals surface area contributed by atoms with Crippen molar-refractivity contribution in [1.82, 2.24) is 15.2 Å². The number of pyridine rings is 1. The standard InChI is InChI=1S/C23H30N4O3.2ClH/c1-15-11-20(18-5-4-6-24-14-18)30-23(29)21(15)22(28)27-9-7-26(8-10-27)19-12-16(2)25-17(3)13-19;;/h11-13,18,24H,4-10,14H2,1-3H3;2*1H. The molecule has 32 heavy (non-hydrogen) atoms. The molecular formula is C23H32Cl2N4O3. The normalized spacial score (nSPS) is 18.5. The Kier molecular flexibility index (Phi) is 9.13. The Balaban J connectivity index is 0.00000181. The molecule has 2 fully saturated rings. The number of carbonyl (C=O) groups is 1. The van der Waals surface area contributed by atoms with E-state index in [4.69, 9.17) is 4.42 Å². The number of nitrogens with zero attached hydrogens (tertiary/aromatic N) is 3. The number of piperidine rings is 1. The monoisotopic (exact) mass is 482 g/mol. The second-order valence-electron chi connectivity index (χ2n) is 8.42. The number of aryl methyl sites for hydroxylation is 3. The molecule has 2 saturated heterocycles. The maximum Gasteiger partial charge on any atom is 0.349 e. The molecule has 176 valence electrons. The highest BCUT2D eigenvalue weighted by Crippen LogP contribution is 2.24. The van der Waals surface area contributed by atoms with Crippen LogP contribution in [0.25, 0.3) is 0 Å². The molecule has 7 nitrogen and oxygen atoms in total. The third-order valence-corrected chi connectivity index (χ3v) is 6.08. The van der Waals surface area contributed by atoms with Gasteiger partial charge in [-0.25, -0.2) is 4.79 Å². The number of anilines is 1. The van der Waals surface area contributed by atoms with E-state index in [1.54, 1.807) is 4.90 Å². The first-order chi connectivity index (χ1) is 14.4. The van der Waals surface area contributed by atoms with Gasteiger partial charge in [0.15, 0.2) is 0 Å². The highest BCUT2D eigenvalue weighted by atomic mass is 35.5. The van der Waals surface area contributed by atoms with Crippen molar-refractivity contribution in [3.63, 3.8) is 0 Å². The topological polar surface area (TPSA) is 78.7 Å². The Morgan fingerprint density at radius 1 is 1.06 bits per heavy atom. The molecule has 1 N–H and O–H groups in total. The second kappa shape index (κ2) is 11.2. The molecule has 2 aliphatic rings. The molecule has 2 aromatic rings. The molecule has 2 aromatic heterocycles. The van der Waals surface area contributed by atoms with Gasteiger partial charge in [0, 0.05) is 55.7 Å². The van der Waals surface area contributed by atoms with Crippen molar-refractivity contribution in [3.05, 3.63) is 56.9 Å². The van der Waals surface area contributed by atoms with Crippen LogP contribution in [0.2, 0.25) is 0 Å². The fourth-order valence-corrected chi connectivity index (χ4v) is 4.51. The van der Waals surface area contributed by atoms with Crippen molar-refractivity contribution < 1.29 is 9.21 Å².